The molecular formula is C14H15N3O3S. The predicted octanol–water partition coefficient (Wildman–Crippen LogP) is 1.99. The lowest BCUT2D eigenvalue weighted by molar-refractivity contribution is -0.139. The zero-order valence-corrected chi connectivity index (χ0v) is 12.3. The van der Waals surface area contributed by atoms with E-state index in [2.05, 4.69) is 9.97 Å². The highest BCUT2D eigenvalue weighted by Crippen LogP contribution is 2.25. The summed E-state index contributed by atoms with van der Waals surface area (Å²) in [5, 5.41) is 11.6. The van der Waals surface area contributed by atoms with E-state index in [4.69, 9.17) is 5.11 Å². The Morgan fingerprint density at radius 3 is 2.90 bits per heavy atom. The van der Waals surface area contributed by atoms with Crippen molar-refractivity contribution in [2.45, 2.75) is 13.3 Å². The Balaban J connectivity index is 1.64. The number of aliphatic carboxylic acids is 1. The lowest BCUT2D eigenvalue weighted by atomic mass is 9.96. The van der Waals surface area contributed by atoms with Crippen LogP contribution in [0.15, 0.2) is 17.6 Å². The maximum atomic E-state index is 12.2. The number of H-pyrrole nitrogens is 1. The molecule has 0 spiro atoms. The van der Waals surface area contributed by atoms with Gasteiger partial charge in [-0.05, 0) is 13.0 Å². The van der Waals surface area contributed by atoms with Gasteiger partial charge in [0.15, 0.2) is 0 Å². The van der Waals surface area contributed by atoms with Crippen LogP contribution in [0.1, 0.15) is 21.9 Å². The van der Waals surface area contributed by atoms with Crippen molar-refractivity contribution >= 4 is 23.2 Å². The van der Waals surface area contributed by atoms with Crippen molar-refractivity contribution < 1.29 is 14.7 Å². The average Bonchev–Trinajstić information content (AvgIpc) is 3.00. The second-order valence-corrected chi connectivity index (χ2v) is 6.29. The van der Waals surface area contributed by atoms with E-state index in [0.29, 0.717) is 18.8 Å². The fourth-order valence-corrected chi connectivity index (χ4v) is 3.07. The van der Waals surface area contributed by atoms with Crippen LogP contribution in [-0.4, -0.2) is 44.9 Å². The van der Waals surface area contributed by atoms with E-state index in [9.17, 15) is 9.59 Å². The fourth-order valence-electron chi connectivity index (χ4n) is 2.44. The highest BCUT2D eigenvalue weighted by atomic mass is 32.1. The molecule has 2 aromatic rings. The van der Waals surface area contributed by atoms with E-state index in [-0.39, 0.29) is 18.2 Å². The molecule has 1 saturated heterocycles. The van der Waals surface area contributed by atoms with Crippen LogP contribution >= 0.6 is 11.3 Å². The van der Waals surface area contributed by atoms with Gasteiger partial charge in [-0.2, -0.15) is 0 Å². The van der Waals surface area contributed by atoms with Crippen molar-refractivity contribution in [1.82, 2.24) is 14.9 Å². The smallest absolute Gasteiger partial charge is 0.303 e. The van der Waals surface area contributed by atoms with Gasteiger partial charge >= 0.3 is 5.97 Å². The predicted molar refractivity (Wildman–Crippen MR) is 78.3 cm³/mol. The number of aromatic nitrogens is 2. The summed E-state index contributed by atoms with van der Waals surface area (Å²) in [7, 11) is 0. The second-order valence-electron chi connectivity index (χ2n) is 5.23. The summed E-state index contributed by atoms with van der Waals surface area (Å²) in [6, 6.07) is 1.79. The molecule has 0 saturated carbocycles. The van der Waals surface area contributed by atoms with E-state index in [1.54, 1.807) is 28.5 Å². The Labute approximate surface area is 125 Å². The lowest BCUT2D eigenvalue weighted by Gasteiger charge is -2.38. The number of rotatable bonds is 4. The van der Waals surface area contributed by atoms with Crippen LogP contribution in [0.2, 0.25) is 0 Å². The molecule has 1 aliphatic rings. The Bertz CT molecular complexity index is 685. The molecule has 3 rings (SSSR count). The zero-order valence-electron chi connectivity index (χ0n) is 11.5. The number of hydrogen-bond acceptors (Lipinski definition) is 4. The molecule has 0 unspecified atom stereocenters. The first-order chi connectivity index (χ1) is 10.0. The molecule has 0 aliphatic carbocycles. The van der Waals surface area contributed by atoms with Crippen LogP contribution in [0.4, 0.5) is 0 Å². The van der Waals surface area contributed by atoms with Gasteiger partial charge in [-0.15, -0.1) is 11.3 Å². The number of thiazole rings is 1. The van der Waals surface area contributed by atoms with Gasteiger partial charge in [-0.3, -0.25) is 9.59 Å². The Morgan fingerprint density at radius 1 is 1.52 bits per heavy atom. The van der Waals surface area contributed by atoms with Gasteiger partial charge < -0.3 is 15.0 Å². The molecule has 3 heterocycles. The van der Waals surface area contributed by atoms with Gasteiger partial charge in [-0.1, -0.05) is 0 Å². The molecule has 0 radical (unpaired) electrons. The summed E-state index contributed by atoms with van der Waals surface area (Å²) < 4.78 is 0. The zero-order chi connectivity index (χ0) is 15.0. The molecule has 6 nitrogen and oxygen atoms in total. The number of carbonyl (C=O) groups is 2. The van der Waals surface area contributed by atoms with Crippen molar-refractivity contribution in [1.29, 1.82) is 0 Å². The average molecular weight is 305 g/mol. The summed E-state index contributed by atoms with van der Waals surface area (Å²) in [5.74, 6) is -0.829. The number of aryl methyl sites for hydroxylation is 1. The Hall–Kier alpha value is -2.15. The first-order valence-corrected chi connectivity index (χ1v) is 7.53. The van der Waals surface area contributed by atoms with E-state index >= 15 is 0 Å². The van der Waals surface area contributed by atoms with E-state index in [0.717, 1.165) is 16.3 Å². The maximum absolute atomic E-state index is 12.2. The topological polar surface area (TPSA) is 86.3 Å². The number of amides is 1. The molecule has 2 aromatic heterocycles. The van der Waals surface area contributed by atoms with Gasteiger partial charge in [0, 0.05) is 36.1 Å². The molecule has 2 N–H and O–H groups in total. The lowest BCUT2D eigenvalue weighted by Crippen LogP contribution is -2.50. The van der Waals surface area contributed by atoms with Crippen LogP contribution in [0, 0.1) is 12.8 Å². The minimum atomic E-state index is -0.812. The fraction of sp³-hybridized carbons (Fsp3) is 0.357. The van der Waals surface area contributed by atoms with Gasteiger partial charge in [0.2, 0.25) is 0 Å². The summed E-state index contributed by atoms with van der Waals surface area (Å²) in [4.78, 5) is 31.9. The Kier molecular flexibility index (Phi) is 3.50. The molecule has 1 aliphatic heterocycles. The summed E-state index contributed by atoms with van der Waals surface area (Å²) in [5.41, 5.74) is 2.27. The Morgan fingerprint density at radius 2 is 2.29 bits per heavy atom. The third kappa shape index (κ3) is 2.82. The monoisotopic (exact) mass is 305 g/mol. The first-order valence-electron chi connectivity index (χ1n) is 6.65. The number of nitrogens with zero attached hydrogens (tertiary/aromatic N) is 2. The molecule has 110 valence electrons. The molecule has 0 atom stereocenters. The highest BCUT2D eigenvalue weighted by molar-refractivity contribution is 7.09. The molecule has 1 fully saturated rings. The number of carboxylic acid groups (broad SMARTS) is 1. The highest BCUT2D eigenvalue weighted by Gasteiger charge is 2.33. The number of carbonyl (C=O) groups excluding carboxylic acids is 1. The first kappa shape index (κ1) is 13.8. The second kappa shape index (κ2) is 5.33. The van der Waals surface area contributed by atoms with Crippen molar-refractivity contribution in [3.8, 4) is 11.3 Å². The van der Waals surface area contributed by atoms with Crippen molar-refractivity contribution in [2.24, 2.45) is 5.92 Å². The van der Waals surface area contributed by atoms with Crippen LogP contribution in [0.5, 0.6) is 0 Å². The molecule has 7 heteroatoms. The quantitative estimate of drug-likeness (QED) is 0.904. The summed E-state index contributed by atoms with van der Waals surface area (Å²) >= 11 is 1.57. The molecule has 21 heavy (non-hydrogen) atoms. The van der Waals surface area contributed by atoms with Gasteiger partial charge in [0.1, 0.15) is 5.69 Å². The standard InChI is InChI=1S/C14H15N3O3S/c1-8-16-12(7-21-8)10-3-11(15-4-10)14(20)17-5-9(6-17)2-13(18)19/h3-4,7,9,15H,2,5-6H2,1H3,(H,18,19). The minimum Gasteiger partial charge on any atom is -0.481 e. The molecular weight excluding hydrogens is 290 g/mol. The largest absolute Gasteiger partial charge is 0.481 e. The van der Waals surface area contributed by atoms with Crippen LogP contribution in [-0.2, 0) is 4.79 Å². The number of carboxylic acids is 1. The van der Waals surface area contributed by atoms with E-state index in [1.807, 2.05) is 12.3 Å². The van der Waals surface area contributed by atoms with Crippen molar-refractivity contribution in [2.75, 3.05) is 13.1 Å². The summed E-state index contributed by atoms with van der Waals surface area (Å²) in [6.45, 7) is 2.96. The minimum absolute atomic E-state index is 0.0714. The molecule has 0 aromatic carbocycles. The van der Waals surface area contributed by atoms with Crippen LogP contribution < -0.4 is 0 Å². The van der Waals surface area contributed by atoms with Crippen LogP contribution in [0.3, 0.4) is 0 Å². The van der Waals surface area contributed by atoms with Gasteiger partial charge in [-0.25, -0.2) is 4.98 Å². The van der Waals surface area contributed by atoms with Gasteiger partial charge in [0.25, 0.3) is 5.91 Å². The number of aromatic amines is 1. The summed E-state index contributed by atoms with van der Waals surface area (Å²) in [6.07, 6.45) is 1.90. The maximum Gasteiger partial charge on any atom is 0.303 e. The third-order valence-electron chi connectivity index (χ3n) is 3.54. The molecule has 1 amide bonds. The van der Waals surface area contributed by atoms with Crippen molar-refractivity contribution in [3.63, 3.8) is 0 Å². The van der Waals surface area contributed by atoms with E-state index in [1.165, 1.54) is 0 Å². The normalized spacial score (nSPS) is 15.0. The SMILES string of the molecule is Cc1nc(-c2c[nH]c(C(=O)N3CC(CC(=O)O)C3)c2)cs1. The number of likely N-dealkylation sites (tertiary alicyclic amines) is 1. The number of hydrogen-bond donors (Lipinski definition) is 2. The van der Waals surface area contributed by atoms with E-state index < -0.39 is 5.97 Å². The number of nitrogens with one attached hydrogen (secondary N) is 1. The molecule has 0 bridgehead atoms. The third-order valence-corrected chi connectivity index (χ3v) is 4.31. The van der Waals surface area contributed by atoms with Crippen molar-refractivity contribution in [3.05, 3.63) is 28.3 Å². The van der Waals surface area contributed by atoms with Crippen LogP contribution in [0.25, 0.3) is 11.3 Å². The van der Waals surface area contributed by atoms with Gasteiger partial charge in [0.05, 0.1) is 17.1 Å².